The van der Waals surface area contributed by atoms with Gasteiger partial charge in [-0.15, -0.1) is 0 Å². The molecule has 0 aromatic heterocycles. The van der Waals surface area contributed by atoms with E-state index in [2.05, 4.69) is 34.9 Å². The summed E-state index contributed by atoms with van der Waals surface area (Å²) in [6.07, 6.45) is 3.44. The lowest BCUT2D eigenvalue weighted by molar-refractivity contribution is 0.237. The number of rotatable bonds is 7. The zero-order chi connectivity index (χ0) is 20.1. The van der Waals surface area contributed by atoms with Gasteiger partial charge in [0, 0.05) is 30.4 Å². The maximum Gasteiger partial charge on any atom is 0.175 e. The average molecular weight is 403 g/mol. The highest BCUT2D eigenvalue weighted by Gasteiger charge is 2.26. The van der Waals surface area contributed by atoms with Gasteiger partial charge in [0.05, 0.1) is 11.0 Å². The number of hydrogen-bond donors (Lipinski definition) is 2. The second-order valence-corrected chi connectivity index (χ2v) is 9.70. The zero-order valence-electron chi connectivity index (χ0n) is 16.8. The third-order valence-electron chi connectivity index (χ3n) is 4.99. The van der Waals surface area contributed by atoms with Crippen LogP contribution in [0.25, 0.3) is 0 Å². The summed E-state index contributed by atoms with van der Waals surface area (Å²) >= 11 is 0. The minimum absolute atomic E-state index is 0.0243. The Morgan fingerprint density at radius 3 is 2.61 bits per heavy atom. The smallest absolute Gasteiger partial charge is 0.175 e. The molecular formula is C22H30N2O3S. The quantitative estimate of drug-likeness (QED) is 0.742. The summed E-state index contributed by atoms with van der Waals surface area (Å²) in [5, 5.41) is 7.26. The predicted molar refractivity (Wildman–Crippen MR) is 112 cm³/mol. The van der Waals surface area contributed by atoms with Crippen LogP contribution in [-0.2, 0) is 16.4 Å². The molecule has 1 saturated heterocycles. The number of piperidine rings is 1. The Kier molecular flexibility index (Phi) is 6.75. The normalized spacial score (nSPS) is 20.3. The molecule has 1 aliphatic heterocycles. The van der Waals surface area contributed by atoms with E-state index in [1.54, 1.807) is 18.2 Å². The number of benzene rings is 2. The standard InChI is InChI=1S/C22H30N2O3S/c1-16(2)27-21-12-11-19(28(3,25)26)14-18(21)15-24-20-10-7-13-23-22(20)17-8-5-4-6-9-17/h4-6,8-9,11-12,14,16,20,22-24H,7,10,13,15H2,1-3H3. The number of nitrogens with one attached hydrogen (secondary N) is 2. The van der Waals surface area contributed by atoms with Gasteiger partial charge in [-0.2, -0.15) is 0 Å². The van der Waals surface area contributed by atoms with Crippen LogP contribution in [0.1, 0.15) is 43.9 Å². The molecule has 2 unspecified atom stereocenters. The molecule has 0 aliphatic carbocycles. The Balaban J connectivity index is 1.81. The largest absolute Gasteiger partial charge is 0.491 e. The van der Waals surface area contributed by atoms with Crippen LogP contribution in [0.4, 0.5) is 0 Å². The van der Waals surface area contributed by atoms with Gasteiger partial charge in [-0.3, -0.25) is 0 Å². The van der Waals surface area contributed by atoms with Crippen molar-refractivity contribution in [1.82, 2.24) is 10.6 Å². The third kappa shape index (κ3) is 5.34. The molecule has 152 valence electrons. The van der Waals surface area contributed by atoms with Crippen molar-refractivity contribution in [2.75, 3.05) is 12.8 Å². The van der Waals surface area contributed by atoms with Crippen molar-refractivity contribution in [3.05, 3.63) is 59.7 Å². The van der Waals surface area contributed by atoms with Crippen molar-refractivity contribution in [2.24, 2.45) is 0 Å². The highest BCUT2D eigenvalue weighted by molar-refractivity contribution is 7.90. The molecular weight excluding hydrogens is 372 g/mol. The predicted octanol–water partition coefficient (Wildman–Crippen LogP) is 3.46. The van der Waals surface area contributed by atoms with Crippen molar-refractivity contribution >= 4 is 9.84 Å². The second kappa shape index (κ2) is 9.07. The first kappa shape index (κ1) is 20.8. The molecule has 0 saturated carbocycles. The lowest BCUT2D eigenvalue weighted by atomic mass is 9.92. The van der Waals surface area contributed by atoms with E-state index in [1.165, 1.54) is 11.8 Å². The van der Waals surface area contributed by atoms with E-state index in [4.69, 9.17) is 4.74 Å². The van der Waals surface area contributed by atoms with Crippen molar-refractivity contribution in [3.63, 3.8) is 0 Å². The van der Waals surface area contributed by atoms with Gasteiger partial charge in [-0.25, -0.2) is 8.42 Å². The Hall–Kier alpha value is -1.89. The van der Waals surface area contributed by atoms with Crippen LogP contribution in [0.3, 0.4) is 0 Å². The van der Waals surface area contributed by atoms with Gasteiger partial charge in [-0.05, 0) is 57.0 Å². The Morgan fingerprint density at radius 2 is 1.93 bits per heavy atom. The molecule has 0 amide bonds. The molecule has 1 heterocycles. The van der Waals surface area contributed by atoms with Gasteiger partial charge < -0.3 is 15.4 Å². The summed E-state index contributed by atoms with van der Waals surface area (Å²) in [6, 6.07) is 16.1. The van der Waals surface area contributed by atoms with Gasteiger partial charge >= 0.3 is 0 Å². The van der Waals surface area contributed by atoms with E-state index in [1.807, 2.05) is 19.9 Å². The molecule has 0 radical (unpaired) electrons. The number of ether oxygens (including phenoxy) is 1. The third-order valence-corrected chi connectivity index (χ3v) is 6.10. The maximum atomic E-state index is 12.0. The van der Waals surface area contributed by atoms with Crippen molar-refractivity contribution in [3.8, 4) is 5.75 Å². The Labute approximate surface area is 168 Å². The lowest BCUT2D eigenvalue weighted by Gasteiger charge is -2.34. The molecule has 6 heteroatoms. The van der Waals surface area contributed by atoms with Crippen molar-refractivity contribution in [1.29, 1.82) is 0 Å². The maximum absolute atomic E-state index is 12.0. The molecule has 0 spiro atoms. The molecule has 1 aliphatic rings. The van der Waals surface area contributed by atoms with E-state index in [9.17, 15) is 8.42 Å². The van der Waals surface area contributed by atoms with Gasteiger partial charge in [0.25, 0.3) is 0 Å². The van der Waals surface area contributed by atoms with Gasteiger partial charge in [0.2, 0.25) is 0 Å². The van der Waals surface area contributed by atoms with E-state index < -0.39 is 9.84 Å². The van der Waals surface area contributed by atoms with Crippen LogP contribution < -0.4 is 15.4 Å². The summed E-state index contributed by atoms with van der Waals surface area (Å²) in [7, 11) is -3.26. The first-order chi connectivity index (χ1) is 13.3. The van der Waals surface area contributed by atoms with E-state index in [-0.39, 0.29) is 18.2 Å². The second-order valence-electron chi connectivity index (χ2n) is 7.68. The molecule has 2 atom stereocenters. The molecule has 2 aromatic carbocycles. The average Bonchev–Trinajstić information content (AvgIpc) is 2.67. The molecule has 28 heavy (non-hydrogen) atoms. The highest BCUT2D eigenvalue weighted by Crippen LogP contribution is 2.27. The molecule has 2 N–H and O–H groups in total. The van der Waals surface area contributed by atoms with Gasteiger partial charge in [0.15, 0.2) is 9.84 Å². The summed E-state index contributed by atoms with van der Waals surface area (Å²) < 4.78 is 29.9. The zero-order valence-corrected chi connectivity index (χ0v) is 17.6. The molecule has 1 fully saturated rings. The van der Waals surface area contributed by atoms with Gasteiger partial charge in [0.1, 0.15) is 5.75 Å². The van der Waals surface area contributed by atoms with Gasteiger partial charge in [-0.1, -0.05) is 30.3 Å². The van der Waals surface area contributed by atoms with Crippen LogP contribution in [0.5, 0.6) is 5.75 Å². The number of hydrogen-bond acceptors (Lipinski definition) is 5. The van der Waals surface area contributed by atoms with Crippen molar-refractivity contribution < 1.29 is 13.2 Å². The van der Waals surface area contributed by atoms with Crippen LogP contribution in [0.2, 0.25) is 0 Å². The minimum Gasteiger partial charge on any atom is -0.491 e. The SMILES string of the molecule is CC(C)Oc1ccc(S(C)(=O)=O)cc1CNC1CCCNC1c1ccccc1. The topological polar surface area (TPSA) is 67.4 Å². The summed E-state index contributed by atoms with van der Waals surface area (Å²) in [5.41, 5.74) is 2.14. The summed E-state index contributed by atoms with van der Waals surface area (Å²) in [6.45, 7) is 5.50. The fraction of sp³-hybridized carbons (Fsp3) is 0.455. The summed E-state index contributed by atoms with van der Waals surface area (Å²) in [4.78, 5) is 0.321. The molecule has 3 rings (SSSR count). The first-order valence-corrected chi connectivity index (χ1v) is 11.7. The molecule has 0 bridgehead atoms. The minimum atomic E-state index is -3.26. The molecule has 5 nitrogen and oxygen atoms in total. The lowest BCUT2D eigenvalue weighted by Crippen LogP contribution is -2.45. The fourth-order valence-corrected chi connectivity index (χ4v) is 4.33. The summed E-state index contributed by atoms with van der Waals surface area (Å²) in [5.74, 6) is 0.731. The van der Waals surface area contributed by atoms with E-state index >= 15 is 0 Å². The Morgan fingerprint density at radius 1 is 1.18 bits per heavy atom. The van der Waals surface area contributed by atoms with Crippen LogP contribution in [0, 0.1) is 0 Å². The monoisotopic (exact) mass is 402 g/mol. The Bertz CT molecular complexity index is 882. The fourth-order valence-electron chi connectivity index (χ4n) is 3.65. The van der Waals surface area contributed by atoms with E-state index in [0.29, 0.717) is 11.4 Å². The van der Waals surface area contributed by atoms with Crippen LogP contribution in [-0.4, -0.2) is 33.4 Å². The van der Waals surface area contributed by atoms with Crippen molar-refractivity contribution in [2.45, 2.75) is 56.3 Å². The van der Waals surface area contributed by atoms with Crippen LogP contribution >= 0.6 is 0 Å². The number of sulfone groups is 1. The highest BCUT2D eigenvalue weighted by atomic mass is 32.2. The van der Waals surface area contributed by atoms with Crippen LogP contribution in [0.15, 0.2) is 53.4 Å². The first-order valence-electron chi connectivity index (χ1n) is 9.86. The molecule has 2 aromatic rings. The van der Waals surface area contributed by atoms with E-state index in [0.717, 1.165) is 30.7 Å².